The number of imidazole rings is 1. The van der Waals surface area contributed by atoms with Gasteiger partial charge in [0.15, 0.2) is 11.5 Å². The standard InChI is InChI=1S/C12H10N6O2.C2H4/c19-18(20)9-3-1-8(2-4-9)5-13-11-10-12(15-6-14-10)17-7-16-11;1-2/h1-4,6-7H,5H2,(H2,13,14,15,16,17);1-2H2. The molecule has 2 aromatic heterocycles. The topological polar surface area (TPSA) is 110 Å². The molecule has 0 spiro atoms. The number of anilines is 1. The van der Waals surface area contributed by atoms with Crippen LogP contribution in [0, 0.1) is 10.1 Å². The molecule has 0 saturated carbocycles. The molecule has 0 saturated heterocycles. The Hall–Kier alpha value is -3.29. The molecule has 0 unspecified atom stereocenters. The van der Waals surface area contributed by atoms with Crippen LogP contribution in [0.5, 0.6) is 0 Å². The number of rotatable bonds is 4. The summed E-state index contributed by atoms with van der Waals surface area (Å²) < 4.78 is 0. The number of nitrogens with zero attached hydrogens (tertiary/aromatic N) is 4. The fraction of sp³-hybridized carbons (Fsp3) is 0.0714. The zero-order valence-electron chi connectivity index (χ0n) is 11.7. The molecule has 2 heterocycles. The molecule has 8 nitrogen and oxygen atoms in total. The molecule has 22 heavy (non-hydrogen) atoms. The van der Waals surface area contributed by atoms with E-state index in [1.54, 1.807) is 18.5 Å². The van der Waals surface area contributed by atoms with Gasteiger partial charge >= 0.3 is 0 Å². The maximum absolute atomic E-state index is 10.6. The number of nitrogens with one attached hydrogen (secondary N) is 2. The van der Waals surface area contributed by atoms with Crippen LogP contribution >= 0.6 is 0 Å². The van der Waals surface area contributed by atoms with Crippen LogP contribution < -0.4 is 5.32 Å². The number of non-ortho nitro benzene ring substituents is 1. The summed E-state index contributed by atoms with van der Waals surface area (Å²) in [5.74, 6) is 0.644. The van der Waals surface area contributed by atoms with Crippen molar-refractivity contribution in [1.29, 1.82) is 0 Å². The molecule has 0 bridgehead atoms. The number of benzene rings is 1. The van der Waals surface area contributed by atoms with Crippen LogP contribution in [0.15, 0.2) is 50.1 Å². The van der Waals surface area contributed by atoms with Gasteiger partial charge in [0.1, 0.15) is 11.8 Å². The van der Waals surface area contributed by atoms with E-state index in [4.69, 9.17) is 0 Å². The highest BCUT2D eigenvalue weighted by atomic mass is 16.6. The van der Waals surface area contributed by atoms with Crippen LogP contribution in [0.1, 0.15) is 5.56 Å². The van der Waals surface area contributed by atoms with Gasteiger partial charge < -0.3 is 10.3 Å². The number of nitro groups is 1. The van der Waals surface area contributed by atoms with E-state index >= 15 is 0 Å². The van der Waals surface area contributed by atoms with E-state index in [2.05, 4.69) is 38.4 Å². The van der Waals surface area contributed by atoms with Gasteiger partial charge in [-0.3, -0.25) is 10.1 Å². The summed E-state index contributed by atoms with van der Waals surface area (Å²) >= 11 is 0. The van der Waals surface area contributed by atoms with E-state index in [1.165, 1.54) is 18.5 Å². The number of nitro benzene ring substituents is 1. The van der Waals surface area contributed by atoms with Crippen molar-refractivity contribution in [2.45, 2.75) is 6.54 Å². The monoisotopic (exact) mass is 298 g/mol. The van der Waals surface area contributed by atoms with Crippen molar-refractivity contribution in [3.8, 4) is 0 Å². The summed E-state index contributed by atoms with van der Waals surface area (Å²) in [7, 11) is 0. The maximum Gasteiger partial charge on any atom is 0.269 e. The van der Waals surface area contributed by atoms with Crippen molar-refractivity contribution < 1.29 is 4.92 Å². The third kappa shape index (κ3) is 3.23. The van der Waals surface area contributed by atoms with Crippen molar-refractivity contribution in [2.24, 2.45) is 0 Å². The summed E-state index contributed by atoms with van der Waals surface area (Å²) in [6.07, 6.45) is 2.98. The van der Waals surface area contributed by atoms with Gasteiger partial charge in [-0.05, 0) is 5.56 Å². The van der Waals surface area contributed by atoms with E-state index in [0.717, 1.165) is 11.1 Å². The molecule has 3 rings (SSSR count). The van der Waals surface area contributed by atoms with Crippen LogP contribution in [-0.4, -0.2) is 24.9 Å². The van der Waals surface area contributed by atoms with E-state index < -0.39 is 4.92 Å². The number of aromatic amines is 1. The lowest BCUT2D eigenvalue weighted by Gasteiger charge is -2.05. The molecule has 0 aliphatic carbocycles. The molecule has 0 aliphatic rings. The van der Waals surface area contributed by atoms with Crippen LogP contribution in [-0.2, 0) is 6.54 Å². The lowest BCUT2D eigenvalue weighted by molar-refractivity contribution is -0.384. The summed E-state index contributed by atoms with van der Waals surface area (Å²) in [6.45, 7) is 6.50. The zero-order valence-corrected chi connectivity index (χ0v) is 11.7. The minimum atomic E-state index is -0.421. The summed E-state index contributed by atoms with van der Waals surface area (Å²) in [6, 6.07) is 6.36. The van der Waals surface area contributed by atoms with E-state index in [0.29, 0.717) is 18.0 Å². The lowest BCUT2D eigenvalue weighted by Crippen LogP contribution is -2.02. The highest BCUT2D eigenvalue weighted by Crippen LogP contribution is 2.16. The zero-order chi connectivity index (χ0) is 15.9. The van der Waals surface area contributed by atoms with Crippen molar-refractivity contribution in [3.05, 3.63) is 65.8 Å². The molecule has 0 radical (unpaired) electrons. The highest BCUT2D eigenvalue weighted by molar-refractivity contribution is 5.81. The predicted molar refractivity (Wildman–Crippen MR) is 83.4 cm³/mol. The Bertz CT molecular complexity index is 768. The van der Waals surface area contributed by atoms with Crippen molar-refractivity contribution in [3.63, 3.8) is 0 Å². The van der Waals surface area contributed by atoms with E-state index in [9.17, 15) is 10.1 Å². The minimum absolute atomic E-state index is 0.0757. The molecule has 3 aromatic rings. The Morgan fingerprint density at radius 3 is 2.59 bits per heavy atom. The molecular formula is C14H14N6O2. The van der Waals surface area contributed by atoms with Gasteiger partial charge in [-0.1, -0.05) is 12.1 Å². The Labute approximate surface area is 126 Å². The second-order valence-electron chi connectivity index (χ2n) is 4.10. The SMILES string of the molecule is C=C.O=[N+]([O-])c1ccc(CNc2ncnc3nc[nH]c23)cc1. The first kappa shape index (κ1) is 15.1. The van der Waals surface area contributed by atoms with E-state index in [-0.39, 0.29) is 5.69 Å². The molecule has 0 aliphatic heterocycles. The van der Waals surface area contributed by atoms with Crippen molar-refractivity contribution in [2.75, 3.05) is 5.32 Å². The first-order chi connectivity index (χ1) is 10.7. The fourth-order valence-corrected chi connectivity index (χ4v) is 1.82. The second-order valence-corrected chi connectivity index (χ2v) is 4.10. The molecular weight excluding hydrogens is 284 g/mol. The maximum atomic E-state index is 10.6. The molecule has 0 fully saturated rings. The third-order valence-corrected chi connectivity index (χ3v) is 2.83. The number of hydrogen-bond donors (Lipinski definition) is 2. The molecule has 112 valence electrons. The first-order valence-electron chi connectivity index (χ1n) is 6.35. The van der Waals surface area contributed by atoms with Crippen LogP contribution in [0.4, 0.5) is 11.5 Å². The Morgan fingerprint density at radius 2 is 1.91 bits per heavy atom. The van der Waals surface area contributed by atoms with Crippen molar-refractivity contribution in [1.82, 2.24) is 19.9 Å². The van der Waals surface area contributed by atoms with Gasteiger partial charge in [-0.2, -0.15) is 0 Å². The normalized spacial score (nSPS) is 9.82. The Kier molecular flexibility index (Phi) is 4.76. The van der Waals surface area contributed by atoms with Gasteiger partial charge in [-0.15, -0.1) is 13.2 Å². The Balaban J connectivity index is 0.000000847. The number of hydrogen-bond acceptors (Lipinski definition) is 6. The van der Waals surface area contributed by atoms with Gasteiger partial charge in [0.2, 0.25) is 0 Å². The summed E-state index contributed by atoms with van der Waals surface area (Å²) in [5.41, 5.74) is 2.31. The number of aromatic nitrogens is 4. The van der Waals surface area contributed by atoms with Gasteiger partial charge in [0.25, 0.3) is 5.69 Å². The highest BCUT2D eigenvalue weighted by Gasteiger charge is 2.06. The Morgan fingerprint density at radius 1 is 1.18 bits per heavy atom. The van der Waals surface area contributed by atoms with Gasteiger partial charge in [0, 0.05) is 18.7 Å². The first-order valence-corrected chi connectivity index (χ1v) is 6.35. The lowest BCUT2D eigenvalue weighted by atomic mass is 10.2. The van der Waals surface area contributed by atoms with Crippen LogP contribution in [0.25, 0.3) is 11.2 Å². The predicted octanol–water partition coefficient (Wildman–Crippen LogP) is 2.68. The minimum Gasteiger partial charge on any atom is -0.364 e. The molecule has 2 N–H and O–H groups in total. The third-order valence-electron chi connectivity index (χ3n) is 2.83. The van der Waals surface area contributed by atoms with Gasteiger partial charge in [-0.25, -0.2) is 15.0 Å². The van der Waals surface area contributed by atoms with E-state index in [1.807, 2.05) is 0 Å². The summed E-state index contributed by atoms with van der Waals surface area (Å²) in [4.78, 5) is 25.3. The average molecular weight is 298 g/mol. The van der Waals surface area contributed by atoms with Gasteiger partial charge in [0.05, 0.1) is 11.3 Å². The molecule has 0 atom stereocenters. The quantitative estimate of drug-likeness (QED) is 0.435. The largest absolute Gasteiger partial charge is 0.364 e. The molecule has 0 amide bonds. The molecule has 1 aromatic carbocycles. The summed E-state index contributed by atoms with van der Waals surface area (Å²) in [5, 5.41) is 13.7. The second kappa shape index (κ2) is 6.93. The van der Waals surface area contributed by atoms with Crippen molar-refractivity contribution >= 4 is 22.7 Å². The average Bonchev–Trinajstić information content (AvgIpc) is 3.04. The number of fused-ring (bicyclic) bond motifs is 1. The molecule has 8 heteroatoms. The van der Waals surface area contributed by atoms with Crippen LogP contribution in [0.2, 0.25) is 0 Å². The smallest absolute Gasteiger partial charge is 0.269 e. The number of H-pyrrole nitrogens is 1. The fourth-order valence-electron chi connectivity index (χ4n) is 1.82. The van der Waals surface area contributed by atoms with Crippen LogP contribution in [0.3, 0.4) is 0 Å².